The van der Waals surface area contributed by atoms with Gasteiger partial charge in [0.1, 0.15) is 0 Å². The molecule has 0 N–H and O–H groups in total. The van der Waals surface area contributed by atoms with E-state index in [0.29, 0.717) is 10.8 Å². The molecule has 0 saturated heterocycles. The summed E-state index contributed by atoms with van der Waals surface area (Å²) in [4.78, 5) is 0. The van der Waals surface area contributed by atoms with Crippen molar-refractivity contribution in [1.82, 2.24) is 0 Å². The second-order valence-corrected chi connectivity index (χ2v) is 7.28. The summed E-state index contributed by atoms with van der Waals surface area (Å²) in [6.45, 7) is 12.4. The van der Waals surface area contributed by atoms with Crippen LogP contribution in [0.2, 0.25) is 0 Å². The van der Waals surface area contributed by atoms with Crippen molar-refractivity contribution in [3.05, 3.63) is 0 Å². The van der Waals surface area contributed by atoms with Gasteiger partial charge in [-0.1, -0.05) is 34.6 Å². The average Bonchev–Trinajstić information content (AvgIpc) is 2.01. The Morgan fingerprint density at radius 1 is 0.929 bits per heavy atom. The molecule has 0 aromatic carbocycles. The second kappa shape index (κ2) is 3.00. The first-order valence-corrected chi connectivity index (χ1v) is 6.33. The Morgan fingerprint density at radius 2 is 1.43 bits per heavy atom. The van der Waals surface area contributed by atoms with Crippen molar-refractivity contribution in [2.24, 2.45) is 28.6 Å². The van der Waals surface area contributed by atoms with E-state index in [0.717, 1.165) is 17.8 Å². The lowest BCUT2D eigenvalue weighted by atomic mass is 9.46. The average molecular weight is 194 g/mol. The summed E-state index contributed by atoms with van der Waals surface area (Å²) >= 11 is 0. The minimum absolute atomic E-state index is 0.507. The molecular formula is C14H26. The molecule has 1 unspecified atom stereocenters. The third-order valence-electron chi connectivity index (χ3n) is 5.03. The van der Waals surface area contributed by atoms with Crippen molar-refractivity contribution in [1.29, 1.82) is 0 Å². The van der Waals surface area contributed by atoms with E-state index in [1.807, 2.05) is 0 Å². The molecule has 0 aliphatic heterocycles. The highest BCUT2D eigenvalue weighted by Gasteiger charge is 2.52. The van der Waals surface area contributed by atoms with Crippen molar-refractivity contribution in [2.75, 3.05) is 0 Å². The molecule has 0 heterocycles. The summed E-state index contributed by atoms with van der Waals surface area (Å²) in [5.41, 5.74) is 1.10. The fourth-order valence-electron chi connectivity index (χ4n) is 4.88. The summed E-state index contributed by atoms with van der Waals surface area (Å²) in [6.07, 6.45) is 6.03. The van der Waals surface area contributed by atoms with Crippen LogP contribution in [0.15, 0.2) is 0 Å². The van der Waals surface area contributed by atoms with Crippen LogP contribution in [-0.2, 0) is 0 Å². The van der Waals surface area contributed by atoms with Crippen LogP contribution >= 0.6 is 0 Å². The fraction of sp³-hybridized carbons (Fsp3) is 1.00. The molecule has 3 saturated carbocycles. The Labute approximate surface area is 89.5 Å². The van der Waals surface area contributed by atoms with Gasteiger partial charge in [-0.3, -0.25) is 0 Å². The lowest BCUT2D eigenvalue weighted by Gasteiger charge is -2.59. The summed E-state index contributed by atoms with van der Waals surface area (Å²) in [5, 5.41) is 0. The number of fused-ring (bicyclic) bond motifs is 3. The van der Waals surface area contributed by atoms with E-state index in [9.17, 15) is 0 Å². The Bertz CT molecular complexity index is 211. The van der Waals surface area contributed by atoms with Crippen molar-refractivity contribution in [2.45, 2.75) is 60.3 Å². The van der Waals surface area contributed by atoms with E-state index >= 15 is 0 Å². The van der Waals surface area contributed by atoms with Gasteiger partial charge >= 0.3 is 0 Å². The summed E-state index contributed by atoms with van der Waals surface area (Å²) in [6, 6.07) is 0. The van der Waals surface area contributed by atoms with Gasteiger partial charge in [-0.2, -0.15) is 0 Å². The van der Waals surface area contributed by atoms with E-state index in [1.165, 1.54) is 25.7 Å². The maximum atomic E-state index is 2.53. The zero-order valence-corrected chi connectivity index (χ0v) is 10.6. The first kappa shape index (κ1) is 10.5. The van der Waals surface area contributed by atoms with Crippen molar-refractivity contribution < 1.29 is 0 Å². The largest absolute Gasteiger partial charge is 0.0599 e. The van der Waals surface area contributed by atoms with Gasteiger partial charge in [0.05, 0.1) is 0 Å². The van der Waals surface area contributed by atoms with E-state index in [1.54, 1.807) is 0 Å². The van der Waals surface area contributed by atoms with Gasteiger partial charge in [-0.25, -0.2) is 0 Å². The van der Waals surface area contributed by atoms with E-state index < -0.39 is 0 Å². The molecule has 0 amide bonds. The van der Waals surface area contributed by atoms with Gasteiger partial charge in [0.15, 0.2) is 0 Å². The predicted octanol–water partition coefficient (Wildman–Crippen LogP) is 4.49. The SMILES string of the molecule is CC(C)(C)C1C2CCC(CC2)C1(C)C. The van der Waals surface area contributed by atoms with Crippen LogP contribution in [0.5, 0.6) is 0 Å². The first-order valence-electron chi connectivity index (χ1n) is 6.33. The quantitative estimate of drug-likeness (QED) is 0.533. The monoisotopic (exact) mass is 194 g/mol. The molecule has 0 radical (unpaired) electrons. The van der Waals surface area contributed by atoms with Crippen molar-refractivity contribution >= 4 is 0 Å². The minimum atomic E-state index is 0.507. The molecule has 0 aromatic heterocycles. The van der Waals surface area contributed by atoms with Gasteiger partial charge in [0.2, 0.25) is 0 Å². The molecule has 0 aromatic rings. The predicted molar refractivity (Wildman–Crippen MR) is 62.2 cm³/mol. The maximum Gasteiger partial charge on any atom is -0.0283 e. The molecule has 3 aliphatic rings. The minimum Gasteiger partial charge on any atom is -0.0599 e. The van der Waals surface area contributed by atoms with Crippen LogP contribution in [0, 0.1) is 28.6 Å². The lowest BCUT2D eigenvalue weighted by molar-refractivity contribution is -0.0951. The zero-order valence-electron chi connectivity index (χ0n) is 10.6. The third-order valence-corrected chi connectivity index (χ3v) is 5.03. The summed E-state index contributed by atoms with van der Waals surface area (Å²) in [7, 11) is 0. The lowest BCUT2D eigenvalue weighted by Crippen LogP contribution is -2.51. The number of hydrogen-bond acceptors (Lipinski definition) is 0. The third kappa shape index (κ3) is 1.42. The highest BCUT2D eigenvalue weighted by molar-refractivity contribution is 5.01. The molecule has 0 spiro atoms. The van der Waals surface area contributed by atoms with Gasteiger partial charge in [0.25, 0.3) is 0 Å². The topological polar surface area (TPSA) is 0 Å². The zero-order chi connectivity index (χ0) is 10.6. The Morgan fingerprint density at radius 3 is 1.71 bits per heavy atom. The highest BCUT2D eigenvalue weighted by atomic mass is 14.6. The highest BCUT2D eigenvalue weighted by Crippen LogP contribution is 2.60. The molecule has 3 rings (SSSR count). The molecular weight excluding hydrogens is 168 g/mol. The Kier molecular flexibility index (Phi) is 2.25. The van der Waals surface area contributed by atoms with Crippen molar-refractivity contribution in [3.8, 4) is 0 Å². The van der Waals surface area contributed by atoms with Crippen LogP contribution in [0.25, 0.3) is 0 Å². The Hall–Kier alpha value is 0. The number of hydrogen-bond donors (Lipinski definition) is 0. The molecule has 3 aliphatic carbocycles. The molecule has 82 valence electrons. The molecule has 0 nitrogen and oxygen atoms in total. The molecule has 2 bridgehead atoms. The van der Waals surface area contributed by atoms with Crippen LogP contribution in [0.3, 0.4) is 0 Å². The standard InChI is InChI=1S/C14H26/c1-13(2,3)12-10-6-8-11(9-7-10)14(12,4)5/h10-12H,6-9H2,1-5H3. The van der Waals surface area contributed by atoms with E-state index in [2.05, 4.69) is 34.6 Å². The van der Waals surface area contributed by atoms with E-state index in [4.69, 9.17) is 0 Å². The van der Waals surface area contributed by atoms with Gasteiger partial charge in [-0.15, -0.1) is 0 Å². The maximum absolute atomic E-state index is 2.53. The van der Waals surface area contributed by atoms with Crippen LogP contribution in [0.4, 0.5) is 0 Å². The van der Waals surface area contributed by atoms with Gasteiger partial charge in [-0.05, 0) is 54.3 Å². The second-order valence-electron chi connectivity index (χ2n) is 7.28. The van der Waals surface area contributed by atoms with E-state index in [-0.39, 0.29) is 0 Å². The smallest absolute Gasteiger partial charge is 0.0283 e. The van der Waals surface area contributed by atoms with Crippen LogP contribution in [-0.4, -0.2) is 0 Å². The molecule has 14 heavy (non-hydrogen) atoms. The summed E-state index contributed by atoms with van der Waals surface area (Å²) in [5.74, 6) is 2.98. The fourth-order valence-corrected chi connectivity index (χ4v) is 4.88. The molecule has 3 fully saturated rings. The van der Waals surface area contributed by atoms with Crippen LogP contribution in [0.1, 0.15) is 60.3 Å². The van der Waals surface area contributed by atoms with Crippen molar-refractivity contribution in [3.63, 3.8) is 0 Å². The summed E-state index contributed by atoms with van der Waals surface area (Å²) < 4.78 is 0. The number of rotatable bonds is 0. The molecule has 1 atom stereocenters. The normalized spacial score (nSPS) is 41.4. The Balaban J connectivity index is 2.31. The van der Waals surface area contributed by atoms with Gasteiger partial charge in [0, 0.05) is 0 Å². The van der Waals surface area contributed by atoms with Crippen LogP contribution < -0.4 is 0 Å². The first-order chi connectivity index (χ1) is 6.33. The molecule has 0 heteroatoms. The van der Waals surface area contributed by atoms with Gasteiger partial charge < -0.3 is 0 Å².